The molecule has 0 aromatic heterocycles. The fourth-order valence-electron chi connectivity index (χ4n) is 3.49. The molecule has 0 saturated heterocycles. The summed E-state index contributed by atoms with van der Waals surface area (Å²) in [5.41, 5.74) is 2.39. The lowest BCUT2D eigenvalue weighted by Gasteiger charge is -2.28. The lowest BCUT2D eigenvalue weighted by molar-refractivity contribution is -0.118. The average Bonchev–Trinajstić information content (AvgIpc) is 2.50. The van der Waals surface area contributed by atoms with Crippen molar-refractivity contribution in [1.82, 2.24) is 5.32 Å². The first-order valence-electron chi connectivity index (χ1n) is 10.1. The first-order valence-corrected chi connectivity index (χ1v) is 10.1. The quantitative estimate of drug-likeness (QED) is 0.350. The van der Waals surface area contributed by atoms with Gasteiger partial charge in [0.2, 0.25) is 0 Å². The number of carbonyl (C=O) groups is 2. The number of hydrogen-bond donors (Lipinski definition) is 1. The van der Waals surface area contributed by atoms with Crippen LogP contribution in [0.5, 0.6) is 5.75 Å². The van der Waals surface area contributed by atoms with E-state index in [1.165, 1.54) is 0 Å². The van der Waals surface area contributed by atoms with Crippen molar-refractivity contribution in [2.24, 2.45) is 0 Å². The van der Waals surface area contributed by atoms with E-state index in [9.17, 15) is 9.59 Å². The molecule has 0 heterocycles. The van der Waals surface area contributed by atoms with E-state index in [2.05, 4.69) is 26.1 Å². The summed E-state index contributed by atoms with van der Waals surface area (Å²) in [7, 11) is 0. The molecule has 6 nitrogen and oxygen atoms in total. The van der Waals surface area contributed by atoms with Crippen molar-refractivity contribution in [3.63, 3.8) is 0 Å². The Kier molecular flexibility index (Phi) is 9.30. The summed E-state index contributed by atoms with van der Waals surface area (Å²) < 4.78 is 16.1. The molecular formula is C23H37NO5. The number of ether oxygens (including phenoxy) is 3. The van der Waals surface area contributed by atoms with Gasteiger partial charge in [-0.05, 0) is 58.7 Å². The number of benzene rings is 1. The van der Waals surface area contributed by atoms with Crippen LogP contribution in [-0.4, -0.2) is 43.8 Å². The van der Waals surface area contributed by atoms with Crippen molar-refractivity contribution in [2.45, 2.75) is 72.8 Å². The van der Waals surface area contributed by atoms with Crippen molar-refractivity contribution in [1.29, 1.82) is 0 Å². The lowest BCUT2D eigenvalue weighted by Crippen LogP contribution is -2.38. The smallest absolute Gasteiger partial charge is 0.432 e. The fraction of sp³-hybridized carbons (Fsp3) is 0.652. The van der Waals surface area contributed by atoms with Gasteiger partial charge in [0.05, 0.1) is 13.2 Å². The van der Waals surface area contributed by atoms with E-state index in [0.717, 1.165) is 23.2 Å². The van der Waals surface area contributed by atoms with Gasteiger partial charge in [-0.25, -0.2) is 4.79 Å². The first-order chi connectivity index (χ1) is 13.3. The molecule has 0 bridgehead atoms. The summed E-state index contributed by atoms with van der Waals surface area (Å²) in [6.07, 6.45) is -0.412. The van der Waals surface area contributed by atoms with E-state index >= 15 is 0 Å². The average molecular weight is 408 g/mol. The Labute approximate surface area is 175 Å². The standard InChI is InChI=1S/C23H37NO5/c1-16-13-17(2)20(23(7,8)15-18(3)25)19(14-16)29-21(26)28-12-11-27-10-9-24-22(4,5)6/h13-14,24H,9-12,15H2,1-8H3. The highest BCUT2D eigenvalue weighted by Gasteiger charge is 2.29. The fourth-order valence-corrected chi connectivity index (χ4v) is 3.49. The van der Waals surface area contributed by atoms with E-state index in [4.69, 9.17) is 14.2 Å². The Morgan fingerprint density at radius 1 is 1.00 bits per heavy atom. The third kappa shape index (κ3) is 9.41. The summed E-state index contributed by atoms with van der Waals surface area (Å²) in [5, 5.41) is 3.32. The SMILES string of the molecule is CC(=O)CC(C)(C)c1c(C)cc(C)cc1OC(=O)OCCOCCNC(C)(C)C. The minimum absolute atomic E-state index is 0.0451. The first kappa shape index (κ1) is 25.1. The number of rotatable bonds is 10. The summed E-state index contributed by atoms with van der Waals surface area (Å²) in [4.78, 5) is 23.9. The van der Waals surface area contributed by atoms with Crippen LogP contribution >= 0.6 is 0 Å². The van der Waals surface area contributed by atoms with E-state index < -0.39 is 11.6 Å². The third-order valence-corrected chi connectivity index (χ3v) is 4.35. The highest BCUT2D eigenvalue weighted by atomic mass is 16.7. The maximum Gasteiger partial charge on any atom is 0.513 e. The van der Waals surface area contributed by atoms with Crippen LogP contribution in [0.4, 0.5) is 4.79 Å². The molecule has 0 aliphatic heterocycles. The van der Waals surface area contributed by atoms with Gasteiger partial charge >= 0.3 is 6.16 Å². The van der Waals surface area contributed by atoms with Crippen LogP contribution < -0.4 is 10.1 Å². The number of hydrogen-bond acceptors (Lipinski definition) is 6. The summed E-state index contributed by atoms with van der Waals surface area (Å²) in [5.74, 6) is 0.524. The summed E-state index contributed by atoms with van der Waals surface area (Å²) in [6, 6.07) is 3.83. The third-order valence-electron chi connectivity index (χ3n) is 4.35. The van der Waals surface area contributed by atoms with Crippen molar-refractivity contribution < 1.29 is 23.8 Å². The van der Waals surface area contributed by atoms with Crippen LogP contribution in [0, 0.1) is 13.8 Å². The number of ketones is 1. The van der Waals surface area contributed by atoms with Crippen molar-refractivity contribution in [3.8, 4) is 5.75 Å². The molecule has 0 unspecified atom stereocenters. The second-order valence-corrected chi connectivity index (χ2v) is 9.21. The van der Waals surface area contributed by atoms with Gasteiger partial charge in [-0.1, -0.05) is 19.9 Å². The monoisotopic (exact) mass is 407 g/mol. The number of Topliss-reactive ketones (excluding diaryl/α,β-unsaturated/α-hetero) is 1. The van der Waals surface area contributed by atoms with Gasteiger partial charge in [0, 0.05) is 29.5 Å². The lowest BCUT2D eigenvalue weighted by atomic mass is 9.77. The van der Waals surface area contributed by atoms with Crippen LogP contribution in [0.15, 0.2) is 12.1 Å². The molecule has 6 heteroatoms. The van der Waals surface area contributed by atoms with Crippen LogP contribution in [-0.2, 0) is 19.7 Å². The second-order valence-electron chi connectivity index (χ2n) is 9.21. The molecule has 1 aromatic rings. The Bertz CT molecular complexity index is 704. The number of carbonyl (C=O) groups excluding carboxylic acids is 2. The number of aryl methyl sites for hydroxylation is 2. The molecule has 1 N–H and O–H groups in total. The maximum atomic E-state index is 12.2. The van der Waals surface area contributed by atoms with Gasteiger partial charge in [0.25, 0.3) is 0 Å². The zero-order chi connectivity index (χ0) is 22.2. The molecule has 0 aliphatic carbocycles. The summed E-state index contributed by atoms with van der Waals surface area (Å²) in [6.45, 7) is 17.4. The molecule has 0 amide bonds. The molecule has 1 aromatic carbocycles. The molecule has 0 aliphatic rings. The van der Waals surface area contributed by atoms with Crippen LogP contribution in [0.3, 0.4) is 0 Å². The summed E-state index contributed by atoms with van der Waals surface area (Å²) >= 11 is 0. The highest BCUT2D eigenvalue weighted by molar-refractivity contribution is 5.77. The van der Waals surface area contributed by atoms with Crippen LogP contribution in [0.2, 0.25) is 0 Å². The predicted molar refractivity (Wildman–Crippen MR) is 115 cm³/mol. The van der Waals surface area contributed by atoms with Gasteiger partial charge in [-0.15, -0.1) is 0 Å². The molecule has 0 fully saturated rings. The van der Waals surface area contributed by atoms with E-state index in [0.29, 0.717) is 25.4 Å². The Hall–Kier alpha value is -1.92. The highest BCUT2D eigenvalue weighted by Crippen LogP contribution is 2.38. The normalized spacial score (nSPS) is 12.0. The van der Waals surface area contributed by atoms with Crippen molar-refractivity contribution >= 4 is 11.9 Å². The van der Waals surface area contributed by atoms with Crippen LogP contribution in [0.25, 0.3) is 0 Å². The largest absolute Gasteiger partial charge is 0.513 e. The van der Waals surface area contributed by atoms with Crippen molar-refractivity contribution in [2.75, 3.05) is 26.4 Å². The van der Waals surface area contributed by atoms with E-state index in [1.54, 1.807) is 13.0 Å². The Morgan fingerprint density at radius 2 is 1.66 bits per heavy atom. The minimum atomic E-state index is -0.772. The van der Waals surface area contributed by atoms with E-state index in [1.807, 2.05) is 33.8 Å². The van der Waals surface area contributed by atoms with Gasteiger partial charge < -0.3 is 19.5 Å². The molecule has 164 valence electrons. The van der Waals surface area contributed by atoms with Crippen LogP contribution in [0.1, 0.15) is 64.7 Å². The molecule has 29 heavy (non-hydrogen) atoms. The Morgan fingerprint density at radius 3 is 2.24 bits per heavy atom. The molecule has 0 spiro atoms. The number of nitrogens with one attached hydrogen (secondary N) is 1. The van der Waals surface area contributed by atoms with Crippen molar-refractivity contribution in [3.05, 3.63) is 28.8 Å². The predicted octanol–water partition coefficient (Wildman–Crippen LogP) is 4.48. The van der Waals surface area contributed by atoms with Gasteiger partial charge in [0.15, 0.2) is 0 Å². The molecule has 1 rings (SSSR count). The van der Waals surface area contributed by atoms with Gasteiger partial charge in [0.1, 0.15) is 18.1 Å². The zero-order valence-electron chi connectivity index (χ0n) is 19.2. The maximum absolute atomic E-state index is 12.2. The molecule has 0 radical (unpaired) electrons. The second kappa shape index (κ2) is 10.7. The zero-order valence-corrected chi connectivity index (χ0v) is 19.2. The van der Waals surface area contributed by atoms with Gasteiger partial charge in [-0.2, -0.15) is 0 Å². The van der Waals surface area contributed by atoms with Gasteiger partial charge in [-0.3, -0.25) is 4.79 Å². The molecule has 0 atom stereocenters. The Balaban J connectivity index is 2.64. The molecular weight excluding hydrogens is 370 g/mol. The molecule has 0 saturated carbocycles. The topological polar surface area (TPSA) is 73.9 Å². The minimum Gasteiger partial charge on any atom is -0.432 e. The van der Waals surface area contributed by atoms with E-state index in [-0.39, 0.29) is 17.9 Å².